The zero-order chi connectivity index (χ0) is 23.4. The molecule has 0 bridgehead atoms. The van der Waals surface area contributed by atoms with Crippen LogP contribution in [-0.2, 0) is 10.0 Å². The summed E-state index contributed by atoms with van der Waals surface area (Å²) >= 11 is 0. The summed E-state index contributed by atoms with van der Waals surface area (Å²) in [6, 6.07) is 17.8. The molecule has 0 saturated heterocycles. The van der Waals surface area contributed by atoms with Gasteiger partial charge in [-0.1, -0.05) is 74.6 Å². The van der Waals surface area contributed by atoms with Gasteiger partial charge in [0, 0.05) is 28.1 Å². The van der Waals surface area contributed by atoms with Gasteiger partial charge in [-0.3, -0.25) is 4.79 Å². The molecule has 0 aromatic heterocycles. The molecule has 6 heteroatoms. The fraction of sp³-hybridized carbons (Fsp3) is 0.370. The number of hydrogen-bond donors (Lipinski definition) is 2. The lowest BCUT2D eigenvalue weighted by atomic mass is 9.85. The molecule has 0 aliphatic heterocycles. The number of benzene rings is 3. The lowest BCUT2D eigenvalue weighted by Crippen LogP contribution is -2.34. The number of sulfonamides is 1. The van der Waals surface area contributed by atoms with Gasteiger partial charge in [0.15, 0.2) is 0 Å². The Morgan fingerprint density at radius 3 is 2.33 bits per heavy atom. The molecule has 3 aromatic carbocycles. The van der Waals surface area contributed by atoms with Gasteiger partial charge in [-0.2, -0.15) is 0 Å². The summed E-state index contributed by atoms with van der Waals surface area (Å²) in [6.07, 6.45) is 7.00. The number of fused-ring (bicyclic) bond motifs is 1. The molecule has 4 rings (SSSR count). The lowest BCUT2D eigenvalue weighted by Gasteiger charge is -2.25. The van der Waals surface area contributed by atoms with Crippen LogP contribution in [-0.4, -0.2) is 20.4 Å². The van der Waals surface area contributed by atoms with Gasteiger partial charge in [0.25, 0.3) is 5.91 Å². The van der Waals surface area contributed by atoms with E-state index in [-0.39, 0.29) is 16.8 Å². The fourth-order valence-electron chi connectivity index (χ4n) is 4.93. The molecule has 1 aliphatic carbocycles. The number of anilines is 1. The second kappa shape index (κ2) is 10.1. The zero-order valence-electron chi connectivity index (χ0n) is 19.3. The van der Waals surface area contributed by atoms with Crippen molar-refractivity contribution < 1.29 is 13.2 Å². The third-order valence-electron chi connectivity index (χ3n) is 6.58. The molecule has 1 saturated carbocycles. The van der Waals surface area contributed by atoms with Crippen LogP contribution in [0.1, 0.15) is 61.4 Å². The number of nitrogens with one attached hydrogen (secondary N) is 2. The average Bonchev–Trinajstić information content (AvgIpc) is 2.79. The predicted molar refractivity (Wildman–Crippen MR) is 134 cm³/mol. The Hall–Kier alpha value is -2.70. The third-order valence-corrected chi connectivity index (χ3v) is 8.23. The Kier molecular flexibility index (Phi) is 7.15. The van der Waals surface area contributed by atoms with Crippen LogP contribution in [0.25, 0.3) is 10.8 Å². The van der Waals surface area contributed by atoms with Crippen LogP contribution in [0.5, 0.6) is 0 Å². The minimum absolute atomic E-state index is 0.128. The fourth-order valence-corrected chi connectivity index (χ4v) is 6.40. The smallest absolute Gasteiger partial charge is 0.255 e. The molecule has 1 amide bonds. The number of aryl methyl sites for hydroxylation is 1. The first-order valence-corrected chi connectivity index (χ1v) is 13.2. The minimum Gasteiger partial charge on any atom is -0.321 e. The van der Waals surface area contributed by atoms with Crippen LogP contribution in [0.3, 0.4) is 0 Å². The van der Waals surface area contributed by atoms with E-state index < -0.39 is 10.0 Å². The van der Waals surface area contributed by atoms with Crippen LogP contribution in [0, 0.1) is 12.8 Å². The molecule has 1 atom stereocenters. The highest BCUT2D eigenvalue weighted by atomic mass is 32.2. The van der Waals surface area contributed by atoms with Crippen molar-refractivity contribution in [1.82, 2.24) is 4.72 Å². The number of carbonyl (C=O) groups excluding carboxylic acids is 1. The molecule has 1 fully saturated rings. The first-order valence-electron chi connectivity index (χ1n) is 11.8. The molecular formula is C27H32N2O3S. The Morgan fingerprint density at radius 2 is 1.61 bits per heavy atom. The molecule has 174 valence electrons. The molecule has 0 radical (unpaired) electrons. The zero-order valence-corrected chi connectivity index (χ0v) is 20.1. The average molecular weight is 465 g/mol. The highest BCUT2D eigenvalue weighted by Gasteiger charge is 2.24. The van der Waals surface area contributed by atoms with Gasteiger partial charge in [-0.15, -0.1) is 0 Å². The topological polar surface area (TPSA) is 75.3 Å². The van der Waals surface area contributed by atoms with Gasteiger partial charge >= 0.3 is 0 Å². The van der Waals surface area contributed by atoms with Crippen molar-refractivity contribution in [3.8, 4) is 0 Å². The summed E-state index contributed by atoms with van der Waals surface area (Å²) in [4.78, 5) is 13.1. The first-order chi connectivity index (χ1) is 15.8. The standard InChI is InChI=1S/C27H32N2O3S/c1-19-10-6-7-13-22(19)27(30)28-25-16-17-26(24-15-9-8-14-23(24)25)33(31,32)29-20(2)18-21-11-4-3-5-12-21/h6-10,13-17,20-21,29H,3-5,11-12,18H2,1-2H3,(H,28,30). The maximum atomic E-state index is 13.3. The summed E-state index contributed by atoms with van der Waals surface area (Å²) in [5.74, 6) is 0.375. The largest absolute Gasteiger partial charge is 0.321 e. The number of carbonyl (C=O) groups is 1. The summed E-state index contributed by atoms with van der Waals surface area (Å²) in [6.45, 7) is 3.84. The molecule has 1 aliphatic rings. The normalized spacial score (nSPS) is 15.9. The minimum atomic E-state index is -3.70. The number of hydrogen-bond acceptors (Lipinski definition) is 3. The second-order valence-corrected chi connectivity index (χ2v) is 10.9. The summed E-state index contributed by atoms with van der Waals surface area (Å²) in [5, 5.41) is 4.25. The lowest BCUT2D eigenvalue weighted by molar-refractivity contribution is 0.102. The maximum Gasteiger partial charge on any atom is 0.255 e. The van der Waals surface area contributed by atoms with E-state index in [9.17, 15) is 13.2 Å². The van der Waals surface area contributed by atoms with E-state index in [2.05, 4.69) is 10.0 Å². The Bertz CT molecular complexity index is 1250. The third kappa shape index (κ3) is 5.45. The highest BCUT2D eigenvalue weighted by molar-refractivity contribution is 7.89. The first kappa shape index (κ1) is 23.5. The van der Waals surface area contributed by atoms with E-state index in [1.54, 1.807) is 24.3 Å². The molecule has 2 N–H and O–H groups in total. The molecule has 5 nitrogen and oxygen atoms in total. The van der Waals surface area contributed by atoms with Crippen LogP contribution in [0.4, 0.5) is 5.69 Å². The van der Waals surface area contributed by atoms with Crippen molar-refractivity contribution in [3.63, 3.8) is 0 Å². The highest BCUT2D eigenvalue weighted by Crippen LogP contribution is 2.31. The number of rotatable bonds is 7. The predicted octanol–water partition coefficient (Wildman–Crippen LogP) is 6.04. The van der Waals surface area contributed by atoms with Crippen molar-refractivity contribution in [2.75, 3.05) is 5.32 Å². The summed E-state index contributed by atoms with van der Waals surface area (Å²) in [7, 11) is -3.70. The van der Waals surface area contributed by atoms with Crippen molar-refractivity contribution >= 4 is 32.4 Å². The molecular weight excluding hydrogens is 432 g/mol. The Labute approximate surface area is 196 Å². The van der Waals surface area contributed by atoms with Crippen LogP contribution < -0.4 is 10.0 Å². The van der Waals surface area contributed by atoms with Gasteiger partial charge in [-0.25, -0.2) is 13.1 Å². The maximum absolute atomic E-state index is 13.3. The molecule has 0 heterocycles. The molecule has 0 spiro atoms. The van der Waals surface area contributed by atoms with Crippen molar-refractivity contribution in [2.24, 2.45) is 5.92 Å². The quantitative estimate of drug-likeness (QED) is 0.448. The second-order valence-electron chi connectivity index (χ2n) is 9.19. The van der Waals surface area contributed by atoms with Crippen LogP contribution >= 0.6 is 0 Å². The van der Waals surface area contributed by atoms with E-state index >= 15 is 0 Å². The van der Waals surface area contributed by atoms with E-state index in [1.807, 2.05) is 50.2 Å². The van der Waals surface area contributed by atoms with Gasteiger partial charge in [0.1, 0.15) is 0 Å². The Morgan fingerprint density at radius 1 is 0.939 bits per heavy atom. The molecule has 33 heavy (non-hydrogen) atoms. The monoisotopic (exact) mass is 464 g/mol. The van der Waals surface area contributed by atoms with Crippen molar-refractivity contribution in [3.05, 3.63) is 71.8 Å². The van der Waals surface area contributed by atoms with E-state index in [0.717, 1.165) is 12.0 Å². The van der Waals surface area contributed by atoms with Crippen molar-refractivity contribution in [1.29, 1.82) is 0 Å². The van der Waals surface area contributed by atoms with Gasteiger partial charge in [-0.05, 0) is 49.9 Å². The van der Waals surface area contributed by atoms with E-state index in [0.29, 0.717) is 27.9 Å². The van der Waals surface area contributed by atoms with Gasteiger partial charge in [0.05, 0.1) is 4.90 Å². The summed E-state index contributed by atoms with van der Waals surface area (Å²) in [5.41, 5.74) is 2.07. The van der Waals surface area contributed by atoms with Gasteiger partial charge in [0.2, 0.25) is 10.0 Å². The SMILES string of the molecule is Cc1ccccc1C(=O)Nc1ccc(S(=O)(=O)NC(C)CC2CCCCC2)c2ccccc12. The van der Waals surface area contributed by atoms with Gasteiger partial charge < -0.3 is 5.32 Å². The van der Waals surface area contributed by atoms with Crippen LogP contribution in [0.15, 0.2) is 65.6 Å². The van der Waals surface area contributed by atoms with E-state index in [1.165, 1.54) is 32.1 Å². The van der Waals surface area contributed by atoms with Crippen molar-refractivity contribution in [2.45, 2.75) is 63.3 Å². The number of amides is 1. The van der Waals surface area contributed by atoms with Crippen LogP contribution in [0.2, 0.25) is 0 Å². The van der Waals surface area contributed by atoms with E-state index in [4.69, 9.17) is 0 Å². The Balaban J connectivity index is 1.59. The molecule has 3 aromatic rings. The summed E-state index contributed by atoms with van der Waals surface area (Å²) < 4.78 is 29.5. The molecule has 1 unspecified atom stereocenters.